The quantitative estimate of drug-likeness (QED) is 0.278. The topological polar surface area (TPSA) is 73.6 Å². The number of piperidine rings is 2. The van der Waals surface area contributed by atoms with E-state index >= 15 is 0 Å². The Morgan fingerprint density at radius 3 is 2.02 bits per heavy atom. The molecule has 4 aromatic carbocycles. The average Bonchev–Trinajstić information content (AvgIpc) is 3.33. The van der Waals surface area contributed by atoms with Crippen LogP contribution in [0.2, 0.25) is 0 Å². The van der Waals surface area contributed by atoms with E-state index in [2.05, 4.69) is 54.6 Å². The van der Waals surface area contributed by atoms with Gasteiger partial charge in [0, 0.05) is 24.4 Å². The van der Waals surface area contributed by atoms with Crippen molar-refractivity contribution in [3.8, 4) is 28.3 Å². The van der Waals surface area contributed by atoms with E-state index in [1.807, 2.05) is 53.4 Å². The maximum Gasteiger partial charge on any atom is 0.410 e. The standard InChI is InChI=1S/C37H34N2O3/c38-23-27-8-1-2-11-30(27)26-18-16-25(17-19-26)20-37(41)21-28-9-7-10-29(22-37)39(28)36(40)42-24-35-33-14-5-3-12-31(33)32-13-4-6-15-34(32)35/h1-6,8,11-19,28-29,35,41H,7,9-10,20-22,24H2. The van der Waals surface area contributed by atoms with Gasteiger partial charge in [0.05, 0.1) is 17.2 Å². The molecule has 42 heavy (non-hydrogen) atoms. The number of carbonyl (C=O) groups is 1. The van der Waals surface area contributed by atoms with Crippen molar-refractivity contribution >= 4 is 6.09 Å². The van der Waals surface area contributed by atoms with Gasteiger partial charge in [-0.1, -0.05) is 91.0 Å². The van der Waals surface area contributed by atoms with Crippen molar-refractivity contribution in [1.29, 1.82) is 5.26 Å². The first-order valence-electron chi connectivity index (χ1n) is 15.0. The Bertz CT molecular complexity index is 1610. The van der Waals surface area contributed by atoms with Crippen LogP contribution in [-0.2, 0) is 11.2 Å². The molecule has 2 aliphatic heterocycles. The summed E-state index contributed by atoms with van der Waals surface area (Å²) in [5.74, 6) is 0.0333. The minimum Gasteiger partial charge on any atom is -0.448 e. The summed E-state index contributed by atoms with van der Waals surface area (Å²) in [6.45, 7) is 0.314. The number of hydrogen-bond acceptors (Lipinski definition) is 4. The number of benzene rings is 4. The Kier molecular flexibility index (Phi) is 6.80. The van der Waals surface area contributed by atoms with E-state index in [0.29, 0.717) is 31.4 Å². The molecule has 1 aliphatic carbocycles. The highest BCUT2D eigenvalue weighted by Crippen LogP contribution is 2.45. The molecule has 210 valence electrons. The fourth-order valence-electron chi connectivity index (χ4n) is 7.65. The number of fused-ring (bicyclic) bond motifs is 5. The molecule has 0 saturated carbocycles. The molecule has 1 N–H and O–H groups in total. The molecule has 2 saturated heterocycles. The van der Waals surface area contributed by atoms with Gasteiger partial charge in [0.25, 0.3) is 0 Å². The molecule has 4 aromatic rings. The van der Waals surface area contributed by atoms with Gasteiger partial charge in [0.2, 0.25) is 0 Å². The third-order valence-corrected chi connectivity index (χ3v) is 9.49. The van der Waals surface area contributed by atoms with Crippen LogP contribution >= 0.6 is 0 Å². The lowest BCUT2D eigenvalue weighted by Gasteiger charge is -2.51. The average molecular weight is 555 g/mol. The Morgan fingerprint density at radius 1 is 0.833 bits per heavy atom. The molecular formula is C37H34N2O3. The second-order valence-corrected chi connectivity index (χ2v) is 12.1. The molecule has 7 rings (SSSR count). The first kappa shape index (κ1) is 26.5. The van der Waals surface area contributed by atoms with Gasteiger partial charge in [-0.15, -0.1) is 0 Å². The summed E-state index contributed by atoms with van der Waals surface area (Å²) >= 11 is 0. The molecule has 0 spiro atoms. The molecule has 2 heterocycles. The van der Waals surface area contributed by atoms with Gasteiger partial charge in [-0.2, -0.15) is 5.26 Å². The zero-order chi connectivity index (χ0) is 28.7. The van der Waals surface area contributed by atoms with Crippen molar-refractivity contribution in [2.75, 3.05) is 6.61 Å². The molecule has 0 aromatic heterocycles. The number of nitrogens with zero attached hydrogens (tertiary/aromatic N) is 2. The zero-order valence-electron chi connectivity index (χ0n) is 23.6. The van der Waals surface area contributed by atoms with E-state index < -0.39 is 5.60 Å². The Hall–Kier alpha value is -4.40. The molecule has 5 nitrogen and oxygen atoms in total. The number of ether oxygens (including phenoxy) is 1. The highest BCUT2D eigenvalue weighted by molar-refractivity contribution is 5.79. The van der Waals surface area contributed by atoms with Crippen molar-refractivity contribution in [2.45, 2.75) is 62.1 Å². The molecule has 2 fully saturated rings. The summed E-state index contributed by atoms with van der Waals surface area (Å²) in [5, 5.41) is 21.3. The predicted octanol–water partition coefficient (Wildman–Crippen LogP) is 7.46. The van der Waals surface area contributed by atoms with Crippen LogP contribution in [0.25, 0.3) is 22.3 Å². The first-order valence-corrected chi connectivity index (χ1v) is 15.0. The summed E-state index contributed by atoms with van der Waals surface area (Å²) in [7, 11) is 0. The third kappa shape index (κ3) is 4.76. The maximum atomic E-state index is 13.6. The van der Waals surface area contributed by atoms with E-state index in [4.69, 9.17) is 4.74 Å². The molecular weight excluding hydrogens is 520 g/mol. The highest BCUT2D eigenvalue weighted by atomic mass is 16.6. The SMILES string of the molecule is N#Cc1ccccc1-c1ccc(CC2(O)CC3CCCC(C2)N3C(=O)OCC2c3ccccc3-c3ccccc32)cc1. The van der Waals surface area contributed by atoms with Crippen molar-refractivity contribution in [2.24, 2.45) is 0 Å². The van der Waals surface area contributed by atoms with Crippen LogP contribution in [0.15, 0.2) is 97.1 Å². The van der Waals surface area contributed by atoms with Crippen molar-refractivity contribution in [3.05, 3.63) is 119 Å². The van der Waals surface area contributed by atoms with Crippen LogP contribution in [0, 0.1) is 11.3 Å². The van der Waals surface area contributed by atoms with Gasteiger partial charge in [-0.25, -0.2) is 4.79 Å². The second kappa shape index (κ2) is 10.8. The molecule has 2 atom stereocenters. The lowest BCUT2D eigenvalue weighted by molar-refractivity contribution is -0.0840. The van der Waals surface area contributed by atoms with E-state index in [1.54, 1.807) is 0 Å². The predicted molar refractivity (Wildman–Crippen MR) is 163 cm³/mol. The zero-order valence-corrected chi connectivity index (χ0v) is 23.6. The lowest BCUT2D eigenvalue weighted by atomic mass is 9.73. The van der Waals surface area contributed by atoms with Crippen LogP contribution in [-0.4, -0.2) is 40.4 Å². The minimum atomic E-state index is -0.873. The first-order chi connectivity index (χ1) is 20.5. The Balaban J connectivity index is 1.03. The van der Waals surface area contributed by atoms with E-state index in [-0.39, 0.29) is 24.1 Å². The van der Waals surface area contributed by atoms with Gasteiger partial charge in [-0.05, 0) is 77.1 Å². The minimum absolute atomic E-state index is 0.0278. The van der Waals surface area contributed by atoms with E-state index in [1.165, 1.54) is 22.3 Å². The number of amides is 1. The van der Waals surface area contributed by atoms with Crippen LogP contribution < -0.4 is 0 Å². The monoisotopic (exact) mass is 554 g/mol. The Morgan fingerprint density at radius 2 is 1.40 bits per heavy atom. The Labute approximate surface area is 247 Å². The molecule has 3 aliphatic rings. The summed E-state index contributed by atoms with van der Waals surface area (Å²) in [6.07, 6.45) is 4.21. The van der Waals surface area contributed by atoms with Crippen LogP contribution in [0.3, 0.4) is 0 Å². The fourth-order valence-corrected chi connectivity index (χ4v) is 7.65. The van der Waals surface area contributed by atoms with Gasteiger partial charge < -0.3 is 14.7 Å². The summed E-state index contributed by atoms with van der Waals surface area (Å²) < 4.78 is 6.06. The van der Waals surface area contributed by atoms with E-state index in [9.17, 15) is 15.2 Å². The van der Waals surface area contributed by atoms with Crippen LogP contribution in [0.1, 0.15) is 60.3 Å². The fraction of sp³-hybridized carbons (Fsp3) is 0.297. The smallest absolute Gasteiger partial charge is 0.410 e. The van der Waals surface area contributed by atoms with Gasteiger partial charge in [0.1, 0.15) is 6.61 Å². The summed E-state index contributed by atoms with van der Waals surface area (Å²) in [6, 6.07) is 34.7. The maximum absolute atomic E-state index is 13.6. The molecule has 5 heteroatoms. The number of aliphatic hydroxyl groups is 1. The molecule has 1 amide bonds. The number of rotatable bonds is 5. The second-order valence-electron chi connectivity index (χ2n) is 12.1. The number of nitriles is 1. The molecule has 2 unspecified atom stereocenters. The lowest BCUT2D eigenvalue weighted by Crippen LogP contribution is -2.60. The third-order valence-electron chi connectivity index (χ3n) is 9.49. The van der Waals surface area contributed by atoms with Crippen molar-refractivity contribution in [3.63, 3.8) is 0 Å². The normalized spacial score (nSPS) is 22.6. The van der Waals surface area contributed by atoms with Crippen molar-refractivity contribution in [1.82, 2.24) is 4.90 Å². The van der Waals surface area contributed by atoms with Gasteiger partial charge in [-0.3, -0.25) is 0 Å². The van der Waals surface area contributed by atoms with Gasteiger partial charge >= 0.3 is 6.09 Å². The largest absolute Gasteiger partial charge is 0.448 e. The number of carbonyl (C=O) groups excluding carboxylic acids is 1. The summed E-state index contributed by atoms with van der Waals surface area (Å²) in [4.78, 5) is 15.5. The highest BCUT2D eigenvalue weighted by Gasteiger charge is 2.48. The molecule has 0 radical (unpaired) electrons. The summed E-state index contributed by atoms with van der Waals surface area (Å²) in [5.41, 5.74) is 7.60. The van der Waals surface area contributed by atoms with E-state index in [0.717, 1.165) is 36.0 Å². The van der Waals surface area contributed by atoms with Crippen molar-refractivity contribution < 1.29 is 14.6 Å². The van der Waals surface area contributed by atoms with Crippen LogP contribution in [0.4, 0.5) is 4.79 Å². The molecule has 2 bridgehead atoms. The van der Waals surface area contributed by atoms with Gasteiger partial charge in [0.15, 0.2) is 0 Å². The number of hydrogen-bond donors (Lipinski definition) is 1. The van der Waals surface area contributed by atoms with Crippen LogP contribution in [0.5, 0.6) is 0 Å².